The van der Waals surface area contributed by atoms with Crippen molar-refractivity contribution in [3.05, 3.63) is 23.3 Å². The lowest BCUT2D eigenvalue weighted by Gasteiger charge is -2.24. The van der Waals surface area contributed by atoms with Crippen LogP contribution in [0.4, 0.5) is 0 Å². The van der Waals surface area contributed by atoms with E-state index in [0.29, 0.717) is 16.7 Å². The molecule has 0 spiro atoms. The van der Waals surface area contributed by atoms with Crippen molar-refractivity contribution < 1.29 is 13.6 Å². The summed E-state index contributed by atoms with van der Waals surface area (Å²) in [4.78, 5) is 0. The lowest BCUT2D eigenvalue weighted by Crippen LogP contribution is -2.27. The van der Waals surface area contributed by atoms with Crippen LogP contribution in [0.2, 0.25) is 39.3 Å². The maximum atomic E-state index is 6.16. The first-order chi connectivity index (χ1) is 7.46. The summed E-state index contributed by atoms with van der Waals surface area (Å²) in [5.41, 5.74) is 0. The third-order valence-corrected chi connectivity index (χ3v) is 3.46. The minimum absolute atomic E-state index is 0.300. The fraction of sp³-hybridized carbons (Fsp3) is 0.636. The average molecular weight is 295 g/mol. The molecule has 0 aliphatic rings. The fourth-order valence-electron chi connectivity index (χ4n) is 0.982. The van der Waals surface area contributed by atoms with Crippen LogP contribution in [0.25, 0.3) is 0 Å². The summed E-state index contributed by atoms with van der Waals surface area (Å²) >= 11 is 6.16. The third kappa shape index (κ3) is 7.51. The molecule has 3 nitrogen and oxygen atoms in total. The lowest BCUT2D eigenvalue weighted by atomic mass is 10.5. The minimum atomic E-state index is -1.76. The molecule has 0 aromatic heterocycles. The summed E-state index contributed by atoms with van der Waals surface area (Å²) in [6, 6.07) is 0. The van der Waals surface area contributed by atoms with E-state index in [-0.39, 0.29) is 0 Å². The number of methoxy groups -OCH3 is 1. The van der Waals surface area contributed by atoms with Gasteiger partial charge in [-0.25, -0.2) is 0 Å². The molecule has 0 N–H and O–H groups in total. The van der Waals surface area contributed by atoms with Crippen LogP contribution in [-0.4, -0.2) is 23.7 Å². The molecule has 0 atom stereocenters. The second-order valence-corrected chi connectivity index (χ2v) is 14.9. The van der Waals surface area contributed by atoms with Crippen LogP contribution in [0.5, 0.6) is 0 Å². The summed E-state index contributed by atoms with van der Waals surface area (Å²) in [6.45, 7) is 16.2. The normalized spacial score (nSPS) is 13.9. The van der Waals surface area contributed by atoms with Crippen molar-refractivity contribution in [3.63, 3.8) is 0 Å². The van der Waals surface area contributed by atoms with Gasteiger partial charge in [0.05, 0.1) is 7.11 Å². The van der Waals surface area contributed by atoms with Gasteiger partial charge in [0, 0.05) is 0 Å². The molecule has 17 heavy (non-hydrogen) atoms. The molecule has 0 aromatic rings. The van der Waals surface area contributed by atoms with Crippen LogP contribution in [0.1, 0.15) is 0 Å². The van der Waals surface area contributed by atoms with E-state index in [2.05, 4.69) is 45.9 Å². The molecule has 0 unspecified atom stereocenters. The van der Waals surface area contributed by atoms with E-state index in [1.165, 1.54) is 7.11 Å². The van der Waals surface area contributed by atoms with Gasteiger partial charge in [0.25, 0.3) is 5.95 Å². The molecule has 0 saturated carbocycles. The van der Waals surface area contributed by atoms with E-state index in [0.717, 1.165) is 0 Å². The van der Waals surface area contributed by atoms with Gasteiger partial charge >= 0.3 is 0 Å². The average Bonchev–Trinajstić information content (AvgIpc) is 2.08. The first-order valence-corrected chi connectivity index (χ1v) is 12.7. The summed E-state index contributed by atoms with van der Waals surface area (Å²) in [5.74, 6) is 0.718. The Bertz CT molecular complexity index is 314. The van der Waals surface area contributed by atoms with Crippen LogP contribution < -0.4 is 0 Å². The molecule has 0 bridgehead atoms. The maximum absolute atomic E-state index is 6.16. The van der Waals surface area contributed by atoms with Gasteiger partial charge in [-0.1, -0.05) is 18.2 Å². The van der Waals surface area contributed by atoms with E-state index >= 15 is 0 Å². The van der Waals surface area contributed by atoms with Crippen molar-refractivity contribution >= 4 is 28.2 Å². The molecule has 0 aliphatic heterocycles. The molecule has 0 amide bonds. The molecular weight excluding hydrogens is 272 g/mol. The Kier molecular flexibility index (Phi) is 5.83. The number of ether oxygens (including phenoxy) is 1. The molecule has 0 fully saturated rings. The molecular formula is C11H23ClO3Si2. The Hall–Kier alpha value is -0.396. The van der Waals surface area contributed by atoms with E-state index in [4.69, 9.17) is 25.2 Å². The summed E-state index contributed by atoms with van der Waals surface area (Å²) in [7, 11) is -1.95. The fourth-order valence-corrected chi connectivity index (χ4v) is 2.85. The molecule has 100 valence electrons. The van der Waals surface area contributed by atoms with E-state index in [1.807, 2.05) is 0 Å². The summed E-state index contributed by atoms with van der Waals surface area (Å²) in [5, 5.41) is 0.317. The topological polar surface area (TPSA) is 27.7 Å². The van der Waals surface area contributed by atoms with Crippen molar-refractivity contribution in [2.45, 2.75) is 39.3 Å². The third-order valence-electron chi connectivity index (χ3n) is 1.44. The van der Waals surface area contributed by atoms with Gasteiger partial charge < -0.3 is 13.6 Å². The lowest BCUT2D eigenvalue weighted by molar-refractivity contribution is 0.143. The standard InChI is InChI=1S/C11H23ClO3Si2/c1-9(14-16(3,4)5)10(12)11(13-2)15-17(6,7)8/h1H2,2-8H3/b11-10+. The molecule has 0 rings (SSSR count). The number of hydrogen-bond donors (Lipinski definition) is 0. The van der Waals surface area contributed by atoms with Gasteiger partial charge in [-0.05, 0) is 39.3 Å². The number of halogens is 1. The highest BCUT2D eigenvalue weighted by atomic mass is 35.5. The quantitative estimate of drug-likeness (QED) is 0.416. The van der Waals surface area contributed by atoms with Crippen LogP contribution in [-0.2, 0) is 13.6 Å². The van der Waals surface area contributed by atoms with Gasteiger partial charge in [-0.3, -0.25) is 0 Å². The zero-order valence-corrected chi connectivity index (χ0v) is 14.6. The SMILES string of the molecule is C=C(O[Si](C)(C)C)/C(Cl)=C(/OC)O[Si](C)(C)C. The van der Waals surface area contributed by atoms with Crippen LogP contribution in [0, 0.1) is 0 Å². The zero-order chi connectivity index (χ0) is 13.9. The van der Waals surface area contributed by atoms with Gasteiger partial charge in [0.15, 0.2) is 5.03 Å². The zero-order valence-electron chi connectivity index (χ0n) is 11.8. The van der Waals surface area contributed by atoms with Crippen LogP contribution >= 0.6 is 11.6 Å². The minimum Gasteiger partial charge on any atom is -0.544 e. The van der Waals surface area contributed by atoms with Crippen molar-refractivity contribution in [1.29, 1.82) is 0 Å². The predicted molar refractivity (Wildman–Crippen MR) is 77.9 cm³/mol. The number of rotatable bonds is 6. The monoisotopic (exact) mass is 294 g/mol. The molecule has 0 saturated heterocycles. The molecule has 0 radical (unpaired) electrons. The molecule has 6 heteroatoms. The van der Waals surface area contributed by atoms with Crippen molar-refractivity contribution in [2.75, 3.05) is 7.11 Å². The highest BCUT2D eigenvalue weighted by Gasteiger charge is 2.24. The van der Waals surface area contributed by atoms with Gasteiger partial charge in [-0.2, -0.15) is 0 Å². The number of allylic oxidation sites excluding steroid dienone is 1. The van der Waals surface area contributed by atoms with Gasteiger partial charge in [0.2, 0.25) is 16.6 Å². The van der Waals surface area contributed by atoms with Gasteiger partial charge in [0.1, 0.15) is 5.76 Å². The maximum Gasteiger partial charge on any atom is 0.288 e. The second kappa shape index (κ2) is 5.97. The van der Waals surface area contributed by atoms with Crippen molar-refractivity contribution in [1.82, 2.24) is 0 Å². The number of hydrogen-bond acceptors (Lipinski definition) is 3. The highest BCUT2D eigenvalue weighted by Crippen LogP contribution is 2.25. The Morgan fingerprint density at radius 3 is 1.65 bits per heavy atom. The Morgan fingerprint density at radius 2 is 1.35 bits per heavy atom. The largest absolute Gasteiger partial charge is 0.544 e. The summed E-state index contributed by atoms with van der Waals surface area (Å²) < 4.78 is 16.6. The van der Waals surface area contributed by atoms with Crippen LogP contribution in [0.3, 0.4) is 0 Å². The molecule has 0 aliphatic carbocycles. The van der Waals surface area contributed by atoms with Crippen molar-refractivity contribution in [2.24, 2.45) is 0 Å². The second-order valence-electron chi connectivity index (χ2n) is 5.66. The summed E-state index contributed by atoms with van der Waals surface area (Å²) in [6.07, 6.45) is 0. The van der Waals surface area contributed by atoms with Gasteiger partial charge in [-0.15, -0.1) is 0 Å². The predicted octanol–water partition coefficient (Wildman–Crippen LogP) is 4.26. The van der Waals surface area contributed by atoms with E-state index < -0.39 is 16.6 Å². The van der Waals surface area contributed by atoms with E-state index in [1.54, 1.807) is 0 Å². The smallest absolute Gasteiger partial charge is 0.288 e. The van der Waals surface area contributed by atoms with Crippen molar-refractivity contribution in [3.8, 4) is 0 Å². The molecule has 0 heterocycles. The highest BCUT2D eigenvalue weighted by molar-refractivity contribution is 6.70. The Balaban J connectivity index is 4.92. The van der Waals surface area contributed by atoms with Crippen LogP contribution in [0.15, 0.2) is 23.3 Å². The van der Waals surface area contributed by atoms with E-state index in [9.17, 15) is 0 Å². The first kappa shape index (κ1) is 16.6. The first-order valence-electron chi connectivity index (χ1n) is 5.47. The Labute approximate surface area is 112 Å². The Morgan fingerprint density at radius 1 is 0.941 bits per heavy atom. The molecule has 0 aromatic carbocycles.